The van der Waals surface area contributed by atoms with Crippen molar-refractivity contribution in [3.8, 4) is 33.4 Å². The Bertz CT molecular complexity index is 2760. The number of nitrogens with zero attached hydrogens (tertiary/aromatic N) is 1. The van der Waals surface area contributed by atoms with E-state index < -0.39 is 5.41 Å². The van der Waals surface area contributed by atoms with Gasteiger partial charge in [-0.2, -0.15) is 0 Å². The third-order valence-corrected chi connectivity index (χ3v) is 12.2. The second-order valence-corrected chi connectivity index (χ2v) is 14.7. The summed E-state index contributed by atoms with van der Waals surface area (Å²) in [6.07, 6.45) is 0. The highest BCUT2D eigenvalue weighted by atomic mass is 32.1. The van der Waals surface area contributed by atoms with Gasteiger partial charge < -0.3 is 4.90 Å². The van der Waals surface area contributed by atoms with E-state index in [1.165, 1.54) is 81.5 Å². The third-order valence-electron chi connectivity index (χ3n) is 11.1. The Morgan fingerprint density at radius 1 is 0.373 bits per heavy atom. The zero-order chi connectivity index (χ0) is 33.5. The van der Waals surface area contributed by atoms with Crippen LogP contribution in [0.25, 0.3) is 53.6 Å². The normalized spacial score (nSPS) is 13.3. The molecule has 2 heteroatoms. The fourth-order valence-corrected chi connectivity index (χ4v) is 10.2. The minimum atomic E-state index is -0.477. The van der Waals surface area contributed by atoms with Crippen LogP contribution in [-0.2, 0) is 5.41 Å². The quantitative estimate of drug-likeness (QED) is 0.181. The molecule has 0 radical (unpaired) electrons. The van der Waals surface area contributed by atoms with Crippen LogP contribution in [0.2, 0.25) is 0 Å². The molecule has 51 heavy (non-hydrogen) atoms. The fourth-order valence-electron chi connectivity index (χ4n) is 9.11. The fraction of sp³-hybridized carbons (Fsp3) is 0.0204. The Morgan fingerprint density at radius 3 is 1.63 bits per heavy atom. The summed E-state index contributed by atoms with van der Waals surface area (Å²) in [6.45, 7) is 0. The second kappa shape index (κ2) is 10.9. The minimum absolute atomic E-state index is 0.477. The van der Waals surface area contributed by atoms with Crippen LogP contribution in [-0.4, -0.2) is 0 Å². The van der Waals surface area contributed by atoms with E-state index in [9.17, 15) is 0 Å². The van der Waals surface area contributed by atoms with Crippen molar-refractivity contribution >= 4 is 48.6 Å². The molecule has 0 fully saturated rings. The number of hydrogen-bond acceptors (Lipinski definition) is 2. The van der Waals surface area contributed by atoms with Crippen LogP contribution in [0.4, 0.5) is 17.1 Å². The lowest BCUT2D eigenvalue weighted by Crippen LogP contribution is -2.28. The molecule has 11 rings (SSSR count). The summed E-state index contributed by atoms with van der Waals surface area (Å²) < 4.78 is 2.62. The van der Waals surface area contributed by atoms with Gasteiger partial charge in [0.05, 0.1) is 16.8 Å². The lowest BCUT2D eigenvalue weighted by Gasteiger charge is -2.36. The molecule has 0 atom stereocenters. The highest BCUT2D eigenvalue weighted by molar-refractivity contribution is 7.25. The molecule has 0 aliphatic heterocycles. The first-order valence-electron chi connectivity index (χ1n) is 17.6. The summed E-state index contributed by atoms with van der Waals surface area (Å²) >= 11 is 1.87. The largest absolute Gasteiger partial charge is 0.309 e. The molecule has 8 aromatic carbocycles. The second-order valence-electron chi connectivity index (χ2n) is 13.6. The lowest BCUT2D eigenvalue weighted by atomic mass is 9.70. The zero-order valence-corrected chi connectivity index (χ0v) is 28.6. The van der Waals surface area contributed by atoms with Crippen molar-refractivity contribution in [3.05, 3.63) is 210 Å². The van der Waals surface area contributed by atoms with E-state index >= 15 is 0 Å². The molecule has 0 N–H and O–H groups in total. The van der Waals surface area contributed by atoms with E-state index in [1.807, 2.05) is 11.3 Å². The Kier molecular flexibility index (Phi) is 6.11. The predicted molar refractivity (Wildman–Crippen MR) is 216 cm³/mol. The number of hydrogen-bond donors (Lipinski definition) is 0. The molecule has 0 bridgehead atoms. The van der Waals surface area contributed by atoms with E-state index in [2.05, 4.69) is 193 Å². The molecule has 0 amide bonds. The van der Waals surface area contributed by atoms with E-state index in [0.29, 0.717) is 0 Å². The first kappa shape index (κ1) is 28.6. The highest BCUT2D eigenvalue weighted by Crippen LogP contribution is 2.65. The van der Waals surface area contributed by atoms with Gasteiger partial charge in [0.15, 0.2) is 0 Å². The van der Waals surface area contributed by atoms with Crippen LogP contribution in [0.3, 0.4) is 0 Å². The van der Waals surface area contributed by atoms with E-state index in [4.69, 9.17) is 0 Å². The number of thiophene rings is 1. The van der Waals surface area contributed by atoms with Crippen molar-refractivity contribution in [1.29, 1.82) is 0 Å². The number of benzene rings is 8. The van der Waals surface area contributed by atoms with Crippen molar-refractivity contribution in [3.63, 3.8) is 0 Å². The standard InChI is InChI=1S/C49H31NS/c1-2-15-32(16-3-1)34-17-7-12-26-44(34)50(33-29-30-47-40(31-33)38-21-8-13-28-46(38)51-47)45-27-14-22-39-37-20-6-11-25-43(37)49(48(39)45)41-23-9-4-18-35(41)36-19-5-10-24-42(36)49/h1-31H. The summed E-state index contributed by atoms with van der Waals surface area (Å²) in [6, 6.07) is 69.8. The molecule has 238 valence electrons. The Labute approximate surface area is 301 Å². The summed E-state index contributed by atoms with van der Waals surface area (Å²) in [5.41, 5.74) is 16.0. The van der Waals surface area contributed by atoms with Crippen LogP contribution in [0.1, 0.15) is 22.3 Å². The van der Waals surface area contributed by atoms with Crippen LogP contribution in [0.15, 0.2) is 188 Å². The Balaban J connectivity index is 1.28. The van der Waals surface area contributed by atoms with Gasteiger partial charge in [0.1, 0.15) is 0 Å². The molecule has 1 spiro atoms. The molecule has 0 saturated carbocycles. The molecular formula is C49H31NS. The maximum absolute atomic E-state index is 2.55. The topological polar surface area (TPSA) is 3.24 Å². The molecule has 1 nitrogen and oxygen atoms in total. The Hall–Kier alpha value is -6.22. The Morgan fingerprint density at radius 2 is 0.902 bits per heavy atom. The van der Waals surface area contributed by atoms with Crippen LogP contribution in [0.5, 0.6) is 0 Å². The SMILES string of the molecule is c1ccc(-c2ccccc2N(c2ccc3sc4ccccc4c3c2)c2cccc3c2C2(c4ccccc4-c4ccccc42)c2ccccc2-3)cc1. The van der Waals surface area contributed by atoms with Crippen molar-refractivity contribution in [2.45, 2.75) is 5.41 Å². The molecular weight excluding hydrogens is 635 g/mol. The predicted octanol–water partition coefficient (Wildman–Crippen LogP) is 13.5. The van der Waals surface area contributed by atoms with Gasteiger partial charge in [-0.1, -0.05) is 152 Å². The van der Waals surface area contributed by atoms with Gasteiger partial charge in [-0.15, -0.1) is 11.3 Å². The molecule has 9 aromatic rings. The van der Waals surface area contributed by atoms with Gasteiger partial charge in [-0.25, -0.2) is 0 Å². The third kappa shape index (κ3) is 3.91. The minimum Gasteiger partial charge on any atom is -0.309 e. The van der Waals surface area contributed by atoms with Crippen molar-refractivity contribution in [1.82, 2.24) is 0 Å². The van der Waals surface area contributed by atoms with Crippen LogP contribution >= 0.6 is 11.3 Å². The monoisotopic (exact) mass is 665 g/mol. The molecule has 0 saturated heterocycles. The van der Waals surface area contributed by atoms with Gasteiger partial charge in [0.2, 0.25) is 0 Å². The molecule has 1 aromatic heterocycles. The summed E-state index contributed by atoms with van der Waals surface area (Å²) in [5, 5.41) is 2.59. The van der Waals surface area contributed by atoms with Crippen molar-refractivity contribution in [2.75, 3.05) is 4.90 Å². The maximum Gasteiger partial charge on any atom is 0.0746 e. The van der Waals surface area contributed by atoms with Crippen LogP contribution in [0, 0.1) is 0 Å². The molecule has 2 aliphatic rings. The summed E-state index contributed by atoms with van der Waals surface area (Å²) in [4.78, 5) is 2.55. The average molecular weight is 666 g/mol. The first-order valence-corrected chi connectivity index (χ1v) is 18.4. The lowest BCUT2D eigenvalue weighted by molar-refractivity contribution is 0.793. The highest BCUT2D eigenvalue weighted by Gasteiger charge is 2.53. The van der Waals surface area contributed by atoms with E-state index in [0.717, 1.165) is 11.4 Å². The van der Waals surface area contributed by atoms with E-state index in [1.54, 1.807) is 0 Å². The van der Waals surface area contributed by atoms with E-state index in [-0.39, 0.29) is 0 Å². The molecule has 0 unspecified atom stereocenters. The number of fused-ring (bicyclic) bond motifs is 13. The number of anilines is 3. The van der Waals surface area contributed by atoms with Gasteiger partial charge in [0, 0.05) is 37.0 Å². The maximum atomic E-state index is 2.55. The van der Waals surface area contributed by atoms with Gasteiger partial charge in [0.25, 0.3) is 0 Å². The smallest absolute Gasteiger partial charge is 0.0746 e. The first-order chi connectivity index (χ1) is 25.3. The van der Waals surface area contributed by atoms with Crippen molar-refractivity contribution < 1.29 is 0 Å². The van der Waals surface area contributed by atoms with Gasteiger partial charge in [-0.3, -0.25) is 0 Å². The summed E-state index contributed by atoms with van der Waals surface area (Å²) in [5.74, 6) is 0. The average Bonchev–Trinajstić information content (AvgIpc) is 3.83. The molecule has 1 heterocycles. The number of para-hydroxylation sites is 1. The zero-order valence-electron chi connectivity index (χ0n) is 27.8. The van der Waals surface area contributed by atoms with Crippen LogP contribution < -0.4 is 4.90 Å². The molecule has 2 aliphatic carbocycles. The number of rotatable bonds is 4. The van der Waals surface area contributed by atoms with Crippen molar-refractivity contribution in [2.24, 2.45) is 0 Å². The van der Waals surface area contributed by atoms with Gasteiger partial charge >= 0.3 is 0 Å². The summed E-state index contributed by atoms with van der Waals surface area (Å²) in [7, 11) is 0. The van der Waals surface area contributed by atoms with Gasteiger partial charge in [-0.05, 0) is 80.9 Å².